The highest BCUT2D eigenvalue weighted by atomic mass is 35.5. The first kappa shape index (κ1) is 21.8. The Kier molecular flexibility index (Phi) is 7.79. The van der Waals surface area contributed by atoms with Crippen molar-refractivity contribution in [1.82, 2.24) is 24.5 Å². The van der Waals surface area contributed by atoms with Crippen LogP contribution in [0.3, 0.4) is 0 Å². The number of halogens is 1. The highest BCUT2D eigenvalue weighted by molar-refractivity contribution is 6.28. The van der Waals surface area contributed by atoms with Gasteiger partial charge >= 0.3 is 0 Å². The summed E-state index contributed by atoms with van der Waals surface area (Å²) in [5.41, 5.74) is 5.15. The summed E-state index contributed by atoms with van der Waals surface area (Å²) < 4.78 is 7.78. The van der Waals surface area contributed by atoms with Crippen molar-refractivity contribution >= 4 is 28.6 Å². The van der Waals surface area contributed by atoms with E-state index >= 15 is 0 Å². The standard InChI is InChI=1S/C22H35ClN6O/c1-2-14-30-15-6-5-7-17-10-12-28(13-11-17)27-20-19-21(26-22(23)25-20)29(16-24-19)18-8-3-4-9-18/h16-18H,2-15H2,1H3,(H,25,26,27). The molecule has 0 unspecified atom stereocenters. The molecule has 8 heteroatoms. The second-order valence-electron chi connectivity index (χ2n) is 8.75. The molecule has 2 aromatic heterocycles. The van der Waals surface area contributed by atoms with Crippen molar-refractivity contribution in [3.8, 4) is 0 Å². The largest absolute Gasteiger partial charge is 0.381 e. The molecule has 0 bridgehead atoms. The van der Waals surface area contributed by atoms with Gasteiger partial charge in [-0.05, 0) is 56.0 Å². The van der Waals surface area contributed by atoms with Gasteiger partial charge in [0.1, 0.15) is 0 Å². The minimum atomic E-state index is 0.282. The molecule has 30 heavy (non-hydrogen) atoms. The maximum atomic E-state index is 6.27. The van der Waals surface area contributed by atoms with Gasteiger partial charge in [-0.2, -0.15) is 9.97 Å². The van der Waals surface area contributed by atoms with Crippen LogP contribution in [-0.4, -0.2) is 50.8 Å². The SMILES string of the molecule is CCCOCCCCC1CCN(Nc2nc(Cl)nc3c2ncn3C2CCCC2)CC1. The van der Waals surface area contributed by atoms with Crippen LogP contribution in [-0.2, 0) is 4.74 Å². The Bertz CT molecular complexity index is 798. The molecule has 0 radical (unpaired) electrons. The van der Waals surface area contributed by atoms with Gasteiger partial charge in [-0.1, -0.05) is 32.6 Å². The Morgan fingerprint density at radius 2 is 1.90 bits per heavy atom. The summed E-state index contributed by atoms with van der Waals surface area (Å²) in [4.78, 5) is 13.6. The molecule has 0 amide bonds. The van der Waals surface area contributed by atoms with Crippen molar-refractivity contribution in [2.45, 2.75) is 77.2 Å². The summed E-state index contributed by atoms with van der Waals surface area (Å²) in [6.45, 7) is 5.99. The molecule has 3 heterocycles. The third-order valence-corrected chi connectivity index (χ3v) is 6.66. The smallest absolute Gasteiger partial charge is 0.226 e. The van der Waals surface area contributed by atoms with Gasteiger partial charge in [0, 0.05) is 32.3 Å². The molecule has 1 N–H and O–H groups in total. The molecular weight excluding hydrogens is 400 g/mol. The summed E-state index contributed by atoms with van der Waals surface area (Å²) in [6, 6.07) is 0.483. The van der Waals surface area contributed by atoms with Crippen LogP contribution in [0.15, 0.2) is 6.33 Å². The Morgan fingerprint density at radius 3 is 2.67 bits per heavy atom. The highest BCUT2D eigenvalue weighted by Gasteiger charge is 2.24. The van der Waals surface area contributed by atoms with E-state index in [0.717, 1.165) is 55.6 Å². The molecule has 0 atom stereocenters. The lowest BCUT2D eigenvalue weighted by atomic mass is 9.92. The molecule has 1 saturated carbocycles. The van der Waals surface area contributed by atoms with Crippen LogP contribution in [0.1, 0.15) is 77.2 Å². The Labute approximate surface area is 184 Å². The number of hydrazine groups is 1. The number of hydrogen-bond donors (Lipinski definition) is 1. The van der Waals surface area contributed by atoms with Gasteiger partial charge in [0.2, 0.25) is 5.28 Å². The van der Waals surface area contributed by atoms with Crippen LogP contribution < -0.4 is 5.43 Å². The Balaban J connectivity index is 1.30. The number of imidazole rings is 1. The topological polar surface area (TPSA) is 68.1 Å². The van der Waals surface area contributed by atoms with Crippen LogP contribution in [0.25, 0.3) is 11.2 Å². The third-order valence-electron chi connectivity index (χ3n) is 6.49. The summed E-state index contributed by atoms with van der Waals surface area (Å²) in [5.74, 6) is 1.54. The summed E-state index contributed by atoms with van der Waals surface area (Å²) in [5, 5.41) is 2.54. The summed E-state index contributed by atoms with van der Waals surface area (Å²) in [7, 11) is 0. The van der Waals surface area contributed by atoms with Crippen molar-refractivity contribution < 1.29 is 4.74 Å². The quantitative estimate of drug-likeness (QED) is 0.408. The fourth-order valence-electron chi connectivity index (χ4n) is 4.78. The first-order valence-electron chi connectivity index (χ1n) is 11.7. The van der Waals surface area contributed by atoms with E-state index in [-0.39, 0.29) is 5.28 Å². The fraction of sp³-hybridized carbons (Fsp3) is 0.773. The normalized spacial score (nSPS) is 19.1. The molecule has 1 aliphatic heterocycles. The number of anilines is 1. The van der Waals surface area contributed by atoms with Gasteiger partial charge in [-0.25, -0.2) is 9.99 Å². The van der Waals surface area contributed by atoms with Gasteiger partial charge in [0.15, 0.2) is 17.0 Å². The van der Waals surface area contributed by atoms with E-state index in [0.29, 0.717) is 6.04 Å². The van der Waals surface area contributed by atoms with Crippen molar-refractivity contribution in [1.29, 1.82) is 0 Å². The molecule has 1 saturated heterocycles. The van der Waals surface area contributed by atoms with E-state index in [1.54, 1.807) is 0 Å². The predicted molar refractivity (Wildman–Crippen MR) is 121 cm³/mol. The number of piperidine rings is 1. The third kappa shape index (κ3) is 5.42. The van der Waals surface area contributed by atoms with Gasteiger partial charge in [0.05, 0.1) is 6.33 Å². The fourth-order valence-corrected chi connectivity index (χ4v) is 4.95. The number of rotatable bonds is 10. The molecule has 0 spiro atoms. The molecule has 166 valence electrons. The van der Waals surface area contributed by atoms with Crippen molar-refractivity contribution in [2.24, 2.45) is 5.92 Å². The number of ether oxygens (including phenoxy) is 1. The summed E-state index contributed by atoms with van der Waals surface area (Å²) in [6.07, 6.45) is 14.1. The van der Waals surface area contributed by atoms with Crippen molar-refractivity contribution in [3.63, 3.8) is 0 Å². The minimum Gasteiger partial charge on any atom is -0.381 e. The van der Waals surface area contributed by atoms with Gasteiger partial charge < -0.3 is 14.7 Å². The lowest BCUT2D eigenvalue weighted by Gasteiger charge is -2.32. The number of nitrogens with one attached hydrogen (secondary N) is 1. The zero-order valence-corrected chi connectivity index (χ0v) is 18.9. The molecule has 2 fully saturated rings. The second-order valence-corrected chi connectivity index (χ2v) is 9.09. The van der Waals surface area contributed by atoms with E-state index in [2.05, 4.69) is 36.9 Å². The van der Waals surface area contributed by atoms with E-state index < -0.39 is 0 Å². The Hall–Kier alpha value is -1.44. The van der Waals surface area contributed by atoms with Gasteiger partial charge in [0.25, 0.3) is 0 Å². The average Bonchev–Trinajstić information content (AvgIpc) is 3.41. The number of nitrogens with zero attached hydrogens (tertiary/aromatic N) is 5. The molecule has 2 aliphatic rings. The van der Waals surface area contributed by atoms with Crippen LogP contribution in [0.2, 0.25) is 5.28 Å². The first-order chi connectivity index (χ1) is 14.7. The monoisotopic (exact) mass is 434 g/mol. The molecule has 1 aliphatic carbocycles. The molecular formula is C22H35ClN6O. The van der Waals surface area contributed by atoms with Crippen molar-refractivity contribution in [2.75, 3.05) is 31.7 Å². The lowest BCUT2D eigenvalue weighted by Crippen LogP contribution is -2.38. The lowest BCUT2D eigenvalue weighted by molar-refractivity contribution is 0.127. The van der Waals surface area contributed by atoms with E-state index in [1.807, 2.05) is 6.33 Å². The second kappa shape index (κ2) is 10.7. The van der Waals surface area contributed by atoms with Crippen LogP contribution in [0.5, 0.6) is 0 Å². The molecule has 7 nitrogen and oxygen atoms in total. The van der Waals surface area contributed by atoms with Crippen LogP contribution in [0.4, 0.5) is 5.82 Å². The van der Waals surface area contributed by atoms with Crippen LogP contribution in [0, 0.1) is 5.92 Å². The maximum absolute atomic E-state index is 6.27. The van der Waals surface area contributed by atoms with E-state index in [4.69, 9.17) is 16.3 Å². The molecule has 0 aromatic carbocycles. The zero-order chi connectivity index (χ0) is 20.8. The minimum absolute atomic E-state index is 0.282. The number of unbranched alkanes of at least 4 members (excludes halogenated alkanes) is 1. The predicted octanol–water partition coefficient (Wildman–Crippen LogP) is 5.23. The zero-order valence-electron chi connectivity index (χ0n) is 18.2. The van der Waals surface area contributed by atoms with Gasteiger partial charge in [-0.3, -0.25) is 0 Å². The Morgan fingerprint density at radius 1 is 1.10 bits per heavy atom. The molecule has 4 rings (SSSR count). The van der Waals surface area contributed by atoms with Crippen LogP contribution >= 0.6 is 11.6 Å². The highest BCUT2D eigenvalue weighted by Crippen LogP contribution is 2.33. The van der Waals surface area contributed by atoms with E-state index in [1.165, 1.54) is 57.8 Å². The number of aromatic nitrogens is 4. The molecule has 2 aromatic rings. The first-order valence-corrected chi connectivity index (χ1v) is 12.1. The average molecular weight is 435 g/mol. The van der Waals surface area contributed by atoms with Crippen molar-refractivity contribution in [3.05, 3.63) is 11.6 Å². The summed E-state index contributed by atoms with van der Waals surface area (Å²) >= 11 is 6.27. The maximum Gasteiger partial charge on any atom is 0.226 e. The van der Waals surface area contributed by atoms with Gasteiger partial charge in [-0.15, -0.1) is 0 Å². The number of hydrogen-bond acceptors (Lipinski definition) is 6. The van der Waals surface area contributed by atoms with E-state index in [9.17, 15) is 0 Å². The number of fused-ring (bicyclic) bond motifs is 1.